The van der Waals surface area contributed by atoms with Crippen LogP contribution in [0.25, 0.3) is 10.9 Å². The molecule has 2 N–H and O–H groups in total. The molecule has 0 radical (unpaired) electrons. The summed E-state index contributed by atoms with van der Waals surface area (Å²) in [5.74, 6) is 0.302. The number of rotatable bonds is 4. The minimum absolute atomic E-state index is 0.128. The smallest absolute Gasteiger partial charge is 0.353 e. The van der Waals surface area contributed by atoms with Crippen molar-refractivity contribution in [2.45, 2.75) is 26.3 Å². The van der Waals surface area contributed by atoms with Crippen LogP contribution in [0, 0.1) is 10.1 Å². The predicted molar refractivity (Wildman–Crippen MR) is 97.1 cm³/mol. The number of anilines is 3. The van der Waals surface area contributed by atoms with Gasteiger partial charge in [-0.25, -0.2) is 9.97 Å². The quantitative estimate of drug-likeness (QED) is 0.549. The van der Waals surface area contributed by atoms with Crippen LogP contribution in [0.2, 0.25) is 0 Å². The van der Waals surface area contributed by atoms with E-state index in [0.29, 0.717) is 5.69 Å². The van der Waals surface area contributed by atoms with Crippen molar-refractivity contribution in [2.75, 3.05) is 10.6 Å². The van der Waals surface area contributed by atoms with E-state index in [2.05, 4.69) is 25.6 Å². The van der Waals surface area contributed by atoms with E-state index in [1.165, 1.54) is 6.33 Å². The first-order chi connectivity index (χ1) is 11.8. The molecular formula is C17H18N6O2. The summed E-state index contributed by atoms with van der Waals surface area (Å²) in [6.07, 6.45) is 3.00. The van der Waals surface area contributed by atoms with Crippen molar-refractivity contribution in [3.05, 3.63) is 53.0 Å². The summed E-state index contributed by atoms with van der Waals surface area (Å²) in [5.41, 5.74) is 0.907. The third kappa shape index (κ3) is 3.63. The summed E-state index contributed by atoms with van der Waals surface area (Å²) < 4.78 is 0. The first-order valence-corrected chi connectivity index (χ1v) is 7.73. The monoisotopic (exact) mass is 338 g/mol. The minimum atomic E-state index is -0.486. The van der Waals surface area contributed by atoms with E-state index in [4.69, 9.17) is 0 Å². The van der Waals surface area contributed by atoms with Crippen LogP contribution in [0.1, 0.15) is 20.8 Å². The van der Waals surface area contributed by atoms with Crippen molar-refractivity contribution < 1.29 is 4.92 Å². The van der Waals surface area contributed by atoms with Crippen LogP contribution in [-0.2, 0) is 0 Å². The van der Waals surface area contributed by atoms with E-state index in [1.54, 1.807) is 6.20 Å². The summed E-state index contributed by atoms with van der Waals surface area (Å²) in [7, 11) is 0. The van der Waals surface area contributed by atoms with Gasteiger partial charge in [0.25, 0.3) is 0 Å². The highest BCUT2D eigenvalue weighted by Gasteiger charge is 2.26. The van der Waals surface area contributed by atoms with Crippen LogP contribution in [0.5, 0.6) is 0 Å². The topological polar surface area (TPSA) is 106 Å². The minimum Gasteiger partial charge on any atom is -0.360 e. The number of fused-ring (bicyclic) bond motifs is 1. The van der Waals surface area contributed by atoms with Crippen LogP contribution in [0.15, 0.2) is 42.9 Å². The third-order valence-electron chi connectivity index (χ3n) is 3.40. The zero-order valence-corrected chi connectivity index (χ0v) is 14.1. The first kappa shape index (κ1) is 16.6. The molecule has 0 fully saturated rings. The van der Waals surface area contributed by atoms with Gasteiger partial charge < -0.3 is 10.6 Å². The highest BCUT2D eigenvalue weighted by Crippen LogP contribution is 2.34. The number of benzene rings is 1. The molecule has 3 rings (SSSR count). The van der Waals surface area contributed by atoms with E-state index in [-0.39, 0.29) is 22.9 Å². The Bertz CT molecular complexity index is 931. The molecule has 128 valence electrons. The maximum Gasteiger partial charge on any atom is 0.353 e. The van der Waals surface area contributed by atoms with Crippen LogP contribution in [0.4, 0.5) is 23.0 Å². The highest BCUT2D eigenvalue weighted by atomic mass is 16.6. The van der Waals surface area contributed by atoms with Gasteiger partial charge in [-0.15, -0.1) is 0 Å². The lowest BCUT2D eigenvalue weighted by Gasteiger charge is -2.21. The highest BCUT2D eigenvalue weighted by molar-refractivity contribution is 5.93. The van der Waals surface area contributed by atoms with E-state index >= 15 is 0 Å². The van der Waals surface area contributed by atoms with Gasteiger partial charge in [0, 0.05) is 22.8 Å². The summed E-state index contributed by atoms with van der Waals surface area (Å²) in [5, 5.41) is 18.6. The second-order valence-corrected chi connectivity index (χ2v) is 6.55. The molecule has 0 unspecified atom stereocenters. The number of hydrogen-bond donors (Lipinski definition) is 2. The fourth-order valence-corrected chi connectivity index (χ4v) is 2.43. The lowest BCUT2D eigenvalue weighted by Crippen LogP contribution is -2.27. The molecule has 0 spiro atoms. The molecule has 25 heavy (non-hydrogen) atoms. The first-order valence-electron chi connectivity index (χ1n) is 7.73. The van der Waals surface area contributed by atoms with Gasteiger partial charge in [-0.1, -0.05) is 6.07 Å². The number of pyridine rings is 1. The zero-order chi connectivity index (χ0) is 18.0. The lowest BCUT2D eigenvalue weighted by molar-refractivity contribution is -0.383. The number of aromatic nitrogens is 3. The summed E-state index contributed by atoms with van der Waals surface area (Å²) in [4.78, 5) is 23.5. The molecule has 0 atom stereocenters. The Morgan fingerprint density at radius 1 is 1.04 bits per heavy atom. The fourth-order valence-electron chi connectivity index (χ4n) is 2.43. The SMILES string of the molecule is CC(C)(C)Nc1ncnc(Nc2cccc3ncccc23)c1[N+](=O)[O-]. The molecule has 8 heteroatoms. The fraction of sp³-hybridized carbons (Fsp3) is 0.235. The molecule has 8 nitrogen and oxygen atoms in total. The standard InChI is InChI=1S/C17H18N6O2/c1-17(2,3)22-16-14(23(24)25)15(19-10-20-16)21-13-8-4-7-12-11(13)6-5-9-18-12/h4-10H,1-3H3,(H2,19,20,21,22). The Labute approximate surface area is 144 Å². The Hall–Kier alpha value is -3.29. The average molecular weight is 338 g/mol. The Morgan fingerprint density at radius 3 is 2.52 bits per heavy atom. The Morgan fingerprint density at radius 2 is 1.80 bits per heavy atom. The van der Waals surface area contributed by atoms with Crippen molar-refractivity contribution in [1.29, 1.82) is 0 Å². The van der Waals surface area contributed by atoms with Crippen LogP contribution < -0.4 is 10.6 Å². The molecule has 0 amide bonds. The second kappa shape index (κ2) is 6.31. The maximum atomic E-state index is 11.6. The number of nitrogens with one attached hydrogen (secondary N) is 2. The van der Waals surface area contributed by atoms with Crippen molar-refractivity contribution in [3.63, 3.8) is 0 Å². The van der Waals surface area contributed by atoms with Gasteiger partial charge in [0.05, 0.1) is 10.4 Å². The number of nitro groups is 1. The average Bonchev–Trinajstić information content (AvgIpc) is 2.53. The van der Waals surface area contributed by atoms with E-state index < -0.39 is 4.92 Å². The Balaban J connectivity index is 2.08. The predicted octanol–water partition coefficient (Wildman–Crippen LogP) is 3.89. The van der Waals surface area contributed by atoms with Gasteiger partial charge in [0.1, 0.15) is 6.33 Å². The summed E-state index contributed by atoms with van der Waals surface area (Å²) >= 11 is 0. The molecule has 0 aliphatic heterocycles. The molecule has 2 aromatic heterocycles. The van der Waals surface area contributed by atoms with Crippen LogP contribution in [-0.4, -0.2) is 25.4 Å². The molecular weight excluding hydrogens is 320 g/mol. The summed E-state index contributed by atoms with van der Waals surface area (Å²) in [6, 6.07) is 9.24. The molecule has 0 saturated heterocycles. The van der Waals surface area contributed by atoms with Gasteiger partial charge in [-0.3, -0.25) is 15.1 Å². The molecule has 0 aliphatic carbocycles. The number of hydrogen-bond acceptors (Lipinski definition) is 7. The number of nitrogens with zero attached hydrogens (tertiary/aromatic N) is 4. The normalized spacial score (nSPS) is 11.3. The van der Waals surface area contributed by atoms with Gasteiger partial charge >= 0.3 is 5.69 Å². The van der Waals surface area contributed by atoms with Crippen LogP contribution in [0.3, 0.4) is 0 Å². The lowest BCUT2D eigenvalue weighted by atomic mass is 10.1. The zero-order valence-electron chi connectivity index (χ0n) is 14.1. The summed E-state index contributed by atoms with van der Waals surface area (Å²) in [6.45, 7) is 5.72. The van der Waals surface area contributed by atoms with E-state index in [1.807, 2.05) is 51.1 Å². The molecule has 0 saturated carbocycles. The van der Waals surface area contributed by atoms with Crippen molar-refractivity contribution >= 4 is 33.9 Å². The van der Waals surface area contributed by atoms with E-state index in [0.717, 1.165) is 10.9 Å². The van der Waals surface area contributed by atoms with Crippen molar-refractivity contribution in [2.24, 2.45) is 0 Å². The molecule has 1 aromatic carbocycles. The van der Waals surface area contributed by atoms with Crippen molar-refractivity contribution in [3.8, 4) is 0 Å². The molecule has 0 bridgehead atoms. The van der Waals surface area contributed by atoms with E-state index in [9.17, 15) is 10.1 Å². The van der Waals surface area contributed by atoms with Gasteiger partial charge in [0.2, 0.25) is 11.6 Å². The van der Waals surface area contributed by atoms with Crippen molar-refractivity contribution in [1.82, 2.24) is 15.0 Å². The van der Waals surface area contributed by atoms with Crippen LogP contribution >= 0.6 is 0 Å². The molecule has 0 aliphatic rings. The largest absolute Gasteiger partial charge is 0.360 e. The third-order valence-corrected chi connectivity index (χ3v) is 3.40. The van der Waals surface area contributed by atoms with Gasteiger partial charge in [0.15, 0.2) is 0 Å². The molecule has 3 aromatic rings. The maximum absolute atomic E-state index is 11.6. The second-order valence-electron chi connectivity index (χ2n) is 6.55. The van der Waals surface area contributed by atoms with Gasteiger partial charge in [-0.05, 0) is 45.0 Å². The van der Waals surface area contributed by atoms with Gasteiger partial charge in [-0.2, -0.15) is 0 Å². The molecule has 2 heterocycles. The Kier molecular flexibility index (Phi) is 4.18.